The number of rotatable bonds is 4. The lowest BCUT2D eigenvalue weighted by Gasteiger charge is -2.06. The molecular formula is C11H17NO. The second kappa shape index (κ2) is 4.75. The van der Waals surface area contributed by atoms with Crippen molar-refractivity contribution in [1.29, 1.82) is 0 Å². The fourth-order valence-corrected chi connectivity index (χ4v) is 1.29. The second-order valence-corrected chi connectivity index (χ2v) is 3.18. The third kappa shape index (κ3) is 2.65. The van der Waals surface area contributed by atoms with Gasteiger partial charge in [-0.2, -0.15) is 0 Å². The number of nitrogen functional groups attached to an aromatic ring is 1. The van der Waals surface area contributed by atoms with E-state index in [4.69, 9.17) is 10.5 Å². The number of methoxy groups -OCH3 is 1. The summed E-state index contributed by atoms with van der Waals surface area (Å²) in [5.74, 6) is 0.786. The number of ether oxygens (including phenoxy) is 1. The van der Waals surface area contributed by atoms with Crippen LogP contribution in [-0.2, 0) is 6.42 Å². The molecular weight excluding hydrogens is 162 g/mol. The topological polar surface area (TPSA) is 35.2 Å². The molecule has 1 aromatic carbocycles. The van der Waals surface area contributed by atoms with Crippen molar-refractivity contribution in [2.24, 2.45) is 0 Å². The van der Waals surface area contributed by atoms with Crippen molar-refractivity contribution in [1.82, 2.24) is 0 Å². The number of anilines is 1. The Hall–Kier alpha value is -1.18. The van der Waals surface area contributed by atoms with Crippen LogP contribution in [0.15, 0.2) is 18.2 Å². The highest BCUT2D eigenvalue weighted by atomic mass is 16.5. The Bertz CT molecular complexity index is 271. The third-order valence-electron chi connectivity index (χ3n) is 2.12. The first-order valence-electron chi connectivity index (χ1n) is 4.70. The van der Waals surface area contributed by atoms with Crippen LogP contribution >= 0.6 is 0 Å². The van der Waals surface area contributed by atoms with E-state index >= 15 is 0 Å². The Kier molecular flexibility index (Phi) is 3.62. The summed E-state index contributed by atoms with van der Waals surface area (Å²) >= 11 is 0. The van der Waals surface area contributed by atoms with Crippen LogP contribution < -0.4 is 10.5 Å². The molecule has 0 aliphatic carbocycles. The molecule has 0 heterocycles. The molecule has 0 aliphatic rings. The highest BCUT2D eigenvalue weighted by Crippen LogP contribution is 2.22. The Balaban J connectivity index is 2.74. The number of benzene rings is 1. The minimum atomic E-state index is 0.711. The molecule has 0 atom stereocenters. The van der Waals surface area contributed by atoms with Gasteiger partial charge < -0.3 is 10.5 Å². The molecule has 0 amide bonds. The molecule has 72 valence electrons. The number of unbranched alkanes of at least 4 members (excludes halogenated alkanes) is 1. The van der Waals surface area contributed by atoms with Gasteiger partial charge in [0.1, 0.15) is 5.75 Å². The van der Waals surface area contributed by atoms with E-state index in [2.05, 4.69) is 13.0 Å². The van der Waals surface area contributed by atoms with Gasteiger partial charge in [0.15, 0.2) is 0 Å². The van der Waals surface area contributed by atoms with Crippen molar-refractivity contribution in [3.63, 3.8) is 0 Å². The molecule has 0 fully saturated rings. The molecule has 2 nitrogen and oxygen atoms in total. The highest BCUT2D eigenvalue weighted by molar-refractivity contribution is 5.53. The van der Waals surface area contributed by atoms with E-state index in [9.17, 15) is 0 Å². The predicted molar refractivity (Wildman–Crippen MR) is 56.0 cm³/mol. The van der Waals surface area contributed by atoms with Crippen LogP contribution in [0.4, 0.5) is 5.69 Å². The lowest BCUT2D eigenvalue weighted by molar-refractivity contribution is 0.416. The Morgan fingerprint density at radius 1 is 1.38 bits per heavy atom. The molecule has 0 radical (unpaired) electrons. The van der Waals surface area contributed by atoms with E-state index in [0.29, 0.717) is 5.69 Å². The molecule has 2 heteroatoms. The van der Waals surface area contributed by atoms with E-state index < -0.39 is 0 Å². The third-order valence-corrected chi connectivity index (χ3v) is 2.12. The molecule has 0 aromatic heterocycles. The summed E-state index contributed by atoms with van der Waals surface area (Å²) < 4.78 is 5.14. The summed E-state index contributed by atoms with van der Waals surface area (Å²) in [6.07, 6.45) is 3.53. The fourth-order valence-electron chi connectivity index (χ4n) is 1.29. The number of aryl methyl sites for hydroxylation is 1. The van der Waals surface area contributed by atoms with Crippen molar-refractivity contribution < 1.29 is 4.74 Å². The van der Waals surface area contributed by atoms with Crippen molar-refractivity contribution in [2.45, 2.75) is 26.2 Å². The Labute approximate surface area is 79.7 Å². The normalized spacial score (nSPS) is 10.0. The molecule has 2 N–H and O–H groups in total. The van der Waals surface area contributed by atoms with Gasteiger partial charge >= 0.3 is 0 Å². The zero-order chi connectivity index (χ0) is 9.68. The van der Waals surface area contributed by atoms with E-state index in [1.54, 1.807) is 7.11 Å². The zero-order valence-electron chi connectivity index (χ0n) is 8.34. The van der Waals surface area contributed by atoms with Crippen LogP contribution in [0.2, 0.25) is 0 Å². The maximum absolute atomic E-state index is 5.70. The molecule has 0 saturated carbocycles. The first kappa shape index (κ1) is 9.90. The van der Waals surface area contributed by atoms with E-state index in [0.717, 1.165) is 12.2 Å². The van der Waals surface area contributed by atoms with Gasteiger partial charge in [-0.1, -0.05) is 19.4 Å². The van der Waals surface area contributed by atoms with Crippen LogP contribution in [-0.4, -0.2) is 7.11 Å². The van der Waals surface area contributed by atoms with Gasteiger partial charge in [0.05, 0.1) is 12.8 Å². The van der Waals surface area contributed by atoms with Gasteiger partial charge in [-0.3, -0.25) is 0 Å². The Morgan fingerprint density at radius 2 is 2.15 bits per heavy atom. The minimum absolute atomic E-state index is 0.711. The maximum Gasteiger partial charge on any atom is 0.142 e. The van der Waals surface area contributed by atoms with Crippen LogP contribution in [0.25, 0.3) is 0 Å². The van der Waals surface area contributed by atoms with Crippen LogP contribution in [0, 0.1) is 0 Å². The standard InChI is InChI=1S/C11H17NO/c1-3-4-5-9-6-7-10(12)11(8-9)13-2/h6-8H,3-5,12H2,1-2H3. The van der Waals surface area contributed by atoms with Gasteiger partial charge in [-0.05, 0) is 30.5 Å². The number of hydrogen-bond donors (Lipinski definition) is 1. The molecule has 0 bridgehead atoms. The molecule has 0 spiro atoms. The van der Waals surface area contributed by atoms with Crippen LogP contribution in [0.3, 0.4) is 0 Å². The van der Waals surface area contributed by atoms with Crippen molar-refractivity contribution in [3.8, 4) is 5.75 Å². The van der Waals surface area contributed by atoms with Crippen LogP contribution in [0.5, 0.6) is 5.75 Å². The summed E-state index contributed by atoms with van der Waals surface area (Å²) in [5, 5.41) is 0. The summed E-state index contributed by atoms with van der Waals surface area (Å²) in [5.41, 5.74) is 7.71. The van der Waals surface area contributed by atoms with E-state index in [1.807, 2.05) is 12.1 Å². The molecule has 0 aliphatic heterocycles. The van der Waals surface area contributed by atoms with Crippen molar-refractivity contribution in [2.75, 3.05) is 12.8 Å². The number of hydrogen-bond acceptors (Lipinski definition) is 2. The van der Waals surface area contributed by atoms with Gasteiger partial charge in [0.25, 0.3) is 0 Å². The average Bonchev–Trinajstić information content (AvgIpc) is 2.16. The Morgan fingerprint density at radius 3 is 2.77 bits per heavy atom. The molecule has 0 saturated heterocycles. The van der Waals surface area contributed by atoms with Gasteiger partial charge in [-0.25, -0.2) is 0 Å². The SMILES string of the molecule is CCCCc1ccc(N)c(OC)c1. The van der Waals surface area contributed by atoms with E-state index in [-0.39, 0.29) is 0 Å². The highest BCUT2D eigenvalue weighted by Gasteiger charge is 1.99. The van der Waals surface area contributed by atoms with Gasteiger partial charge in [0.2, 0.25) is 0 Å². The lowest BCUT2D eigenvalue weighted by atomic mass is 10.1. The molecule has 1 rings (SSSR count). The summed E-state index contributed by atoms with van der Waals surface area (Å²) in [7, 11) is 1.65. The molecule has 1 aromatic rings. The van der Waals surface area contributed by atoms with Gasteiger partial charge in [-0.15, -0.1) is 0 Å². The van der Waals surface area contributed by atoms with Crippen LogP contribution in [0.1, 0.15) is 25.3 Å². The first-order chi connectivity index (χ1) is 6.27. The smallest absolute Gasteiger partial charge is 0.142 e. The second-order valence-electron chi connectivity index (χ2n) is 3.18. The summed E-state index contributed by atoms with van der Waals surface area (Å²) in [4.78, 5) is 0. The van der Waals surface area contributed by atoms with Gasteiger partial charge in [0, 0.05) is 0 Å². The largest absolute Gasteiger partial charge is 0.495 e. The minimum Gasteiger partial charge on any atom is -0.495 e. The maximum atomic E-state index is 5.70. The van der Waals surface area contributed by atoms with Crippen molar-refractivity contribution in [3.05, 3.63) is 23.8 Å². The number of nitrogens with two attached hydrogens (primary N) is 1. The summed E-state index contributed by atoms with van der Waals surface area (Å²) in [6.45, 7) is 2.19. The van der Waals surface area contributed by atoms with E-state index in [1.165, 1.54) is 18.4 Å². The fraction of sp³-hybridized carbons (Fsp3) is 0.455. The average molecular weight is 179 g/mol. The predicted octanol–water partition coefficient (Wildman–Crippen LogP) is 2.62. The molecule has 0 unspecified atom stereocenters. The first-order valence-corrected chi connectivity index (χ1v) is 4.70. The molecule has 13 heavy (non-hydrogen) atoms. The quantitative estimate of drug-likeness (QED) is 0.721. The lowest BCUT2D eigenvalue weighted by Crippen LogP contribution is -1.94. The summed E-state index contributed by atoms with van der Waals surface area (Å²) in [6, 6.07) is 5.99. The zero-order valence-corrected chi connectivity index (χ0v) is 8.34. The monoisotopic (exact) mass is 179 g/mol. The van der Waals surface area contributed by atoms with Crippen molar-refractivity contribution >= 4 is 5.69 Å².